The van der Waals surface area contributed by atoms with Crippen LogP contribution in [0.1, 0.15) is 15.9 Å². The molecule has 0 saturated heterocycles. The van der Waals surface area contributed by atoms with Crippen LogP contribution in [0.15, 0.2) is 72.8 Å². The van der Waals surface area contributed by atoms with Gasteiger partial charge in [-0.25, -0.2) is 4.79 Å². The first kappa shape index (κ1) is 16.6. The molecule has 0 aliphatic rings. The first-order chi connectivity index (χ1) is 12.2. The minimum atomic E-state index is -0.406. The third-order valence-corrected chi connectivity index (χ3v) is 3.81. The topological polar surface area (TPSA) is 61.5 Å². The van der Waals surface area contributed by atoms with Gasteiger partial charge in [0, 0.05) is 5.69 Å². The van der Waals surface area contributed by atoms with Crippen LogP contribution < -0.4 is 10.5 Å². The number of carbonyl (C=O) groups excluding carboxylic acids is 1. The van der Waals surface area contributed by atoms with Crippen molar-refractivity contribution in [2.45, 2.75) is 6.61 Å². The molecule has 0 aliphatic carbocycles. The molecule has 0 amide bonds. The van der Waals surface area contributed by atoms with Crippen molar-refractivity contribution in [1.82, 2.24) is 0 Å². The summed E-state index contributed by atoms with van der Waals surface area (Å²) in [5.74, 6) is 0.376. The maximum Gasteiger partial charge on any atom is 0.337 e. The van der Waals surface area contributed by atoms with Gasteiger partial charge in [-0.15, -0.1) is 0 Å². The number of ether oxygens (including phenoxy) is 2. The van der Waals surface area contributed by atoms with Gasteiger partial charge in [0.2, 0.25) is 0 Å². The molecule has 0 unspecified atom stereocenters. The fraction of sp³-hybridized carbons (Fsp3) is 0.0952. The maximum atomic E-state index is 11.7. The molecule has 25 heavy (non-hydrogen) atoms. The number of esters is 1. The molecule has 0 saturated carbocycles. The first-order valence-corrected chi connectivity index (χ1v) is 7.92. The summed E-state index contributed by atoms with van der Waals surface area (Å²) >= 11 is 0. The highest BCUT2D eigenvalue weighted by molar-refractivity contribution is 5.92. The van der Waals surface area contributed by atoms with Crippen molar-refractivity contribution in [3.8, 4) is 16.9 Å². The lowest BCUT2D eigenvalue weighted by molar-refractivity contribution is 0.0601. The SMILES string of the molecule is COC(=O)c1cc(N)cc(-c2ccc(OCc3ccccc3)cc2)c1. The van der Waals surface area contributed by atoms with Crippen LogP contribution >= 0.6 is 0 Å². The van der Waals surface area contributed by atoms with Gasteiger partial charge in [0.25, 0.3) is 0 Å². The minimum absolute atomic E-state index is 0.406. The third-order valence-electron chi connectivity index (χ3n) is 3.81. The van der Waals surface area contributed by atoms with E-state index < -0.39 is 5.97 Å². The number of methoxy groups -OCH3 is 1. The van der Waals surface area contributed by atoms with Gasteiger partial charge < -0.3 is 15.2 Å². The van der Waals surface area contributed by atoms with E-state index in [1.807, 2.05) is 60.7 Å². The lowest BCUT2D eigenvalue weighted by Crippen LogP contribution is -2.02. The molecule has 0 heterocycles. The van der Waals surface area contributed by atoms with Crippen molar-refractivity contribution in [3.63, 3.8) is 0 Å². The summed E-state index contributed by atoms with van der Waals surface area (Å²) in [5, 5.41) is 0. The van der Waals surface area contributed by atoms with E-state index in [1.54, 1.807) is 12.1 Å². The van der Waals surface area contributed by atoms with Gasteiger partial charge in [0.15, 0.2) is 0 Å². The highest BCUT2D eigenvalue weighted by Gasteiger charge is 2.09. The molecular formula is C21H19NO3. The monoisotopic (exact) mass is 333 g/mol. The first-order valence-electron chi connectivity index (χ1n) is 7.92. The predicted molar refractivity (Wildman–Crippen MR) is 98.4 cm³/mol. The van der Waals surface area contributed by atoms with Crippen LogP contribution in [0.5, 0.6) is 5.75 Å². The molecule has 0 aliphatic heterocycles. The zero-order valence-corrected chi connectivity index (χ0v) is 13.9. The second kappa shape index (κ2) is 7.53. The van der Waals surface area contributed by atoms with Gasteiger partial charge in [-0.05, 0) is 47.0 Å². The molecule has 2 N–H and O–H groups in total. The van der Waals surface area contributed by atoms with E-state index in [0.717, 1.165) is 22.4 Å². The molecule has 0 bridgehead atoms. The smallest absolute Gasteiger partial charge is 0.337 e. The molecule has 0 atom stereocenters. The molecule has 4 nitrogen and oxygen atoms in total. The summed E-state index contributed by atoms with van der Waals surface area (Å²) in [5.41, 5.74) is 9.77. The Morgan fingerprint density at radius 2 is 1.64 bits per heavy atom. The van der Waals surface area contributed by atoms with E-state index in [9.17, 15) is 4.79 Å². The van der Waals surface area contributed by atoms with Crippen molar-refractivity contribution in [3.05, 3.63) is 83.9 Å². The Bertz CT molecular complexity index is 858. The van der Waals surface area contributed by atoms with E-state index >= 15 is 0 Å². The molecule has 0 spiro atoms. The van der Waals surface area contributed by atoms with Crippen molar-refractivity contribution in [2.75, 3.05) is 12.8 Å². The van der Waals surface area contributed by atoms with Crippen molar-refractivity contribution in [2.24, 2.45) is 0 Å². The Hall–Kier alpha value is -3.27. The van der Waals surface area contributed by atoms with E-state index in [1.165, 1.54) is 7.11 Å². The van der Waals surface area contributed by atoms with Crippen molar-refractivity contribution in [1.29, 1.82) is 0 Å². The Labute approximate surface area is 146 Å². The Kier molecular flexibility index (Phi) is 5.00. The van der Waals surface area contributed by atoms with Crippen LogP contribution in [-0.2, 0) is 11.3 Å². The number of hydrogen-bond acceptors (Lipinski definition) is 4. The zero-order valence-electron chi connectivity index (χ0n) is 13.9. The molecule has 126 valence electrons. The lowest BCUT2D eigenvalue weighted by Gasteiger charge is -2.09. The van der Waals surface area contributed by atoms with Gasteiger partial charge in [-0.1, -0.05) is 42.5 Å². The van der Waals surface area contributed by atoms with Gasteiger partial charge in [0.05, 0.1) is 12.7 Å². The Morgan fingerprint density at radius 1 is 0.920 bits per heavy atom. The van der Waals surface area contributed by atoms with Crippen LogP contribution in [0.4, 0.5) is 5.69 Å². The van der Waals surface area contributed by atoms with Crippen LogP contribution in [0.25, 0.3) is 11.1 Å². The summed E-state index contributed by atoms with van der Waals surface area (Å²) in [7, 11) is 1.35. The van der Waals surface area contributed by atoms with Crippen LogP contribution in [-0.4, -0.2) is 13.1 Å². The van der Waals surface area contributed by atoms with Gasteiger partial charge in [-0.2, -0.15) is 0 Å². The summed E-state index contributed by atoms with van der Waals surface area (Å²) in [6.07, 6.45) is 0. The average Bonchev–Trinajstić information content (AvgIpc) is 2.66. The second-order valence-corrected chi connectivity index (χ2v) is 5.63. The molecular weight excluding hydrogens is 314 g/mol. The summed E-state index contributed by atoms with van der Waals surface area (Å²) in [6.45, 7) is 0.519. The molecule has 3 rings (SSSR count). The van der Waals surface area contributed by atoms with E-state index in [0.29, 0.717) is 17.9 Å². The largest absolute Gasteiger partial charge is 0.489 e. The number of hydrogen-bond donors (Lipinski definition) is 1. The molecule has 0 radical (unpaired) electrons. The number of anilines is 1. The van der Waals surface area contributed by atoms with Crippen LogP contribution in [0.3, 0.4) is 0 Å². The lowest BCUT2D eigenvalue weighted by atomic mass is 10.0. The maximum absolute atomic E-state index is 11.7. The van der Waals surface area contributed by atoms with Gasteiger partial charge >= 0.3 is 5.97 Å². The van der Waals surface area contributed by atoms with Crippen LogP contribution in [0, 0.1) is 0 Å². The second-order valence-electron chi connectivity index (χ2n) is 5.63. The van der Waals surface area contributed by atoms with Crippen molar-refractivity contribution < 1.29 is 14.3 Å². The summed E-state index contributed by atoms with van der Waals surface area (Å²) in [4.78, 5) is 11.7. The van der Waals surface area contributed by atoms with E-state index in [4.69, 9.17) is 15.2 Å². The number of rotatable bonds is 5. The normalized spacial score (nSPS) is 10.3. The average molecular weight is 333 g/mol. The van der Waals surface area contributed by atoms with Gasteiger partial charge in [-0.3, -0.25) is 0 Å². The van der Waals surface area contributed by atoms with E-state index in [2.05, 4.69) is 0 Å². The minimum Gasteiger partial charge on any atom is -0.489 e. The highest BCUT2D eigenvalue weighted by atomic mass is 16.5. The number of nitrogens with two attached hydrogens (primary N) is 1. The molecule has 3 aromatic rings. The van der Waals surface area contributed by atoms with E-state index in [-0.39, 0.29) is 0 Å². The Morgan fingerprint density at radius 3 is 2.32 bits per heavy atom. The summed E-state index contributed by atoms with van der Waals surface area (Å²) in [6, 6.07) is 22.9. The third kappa shape index (κ3) is 4.18. The number of benzene rings is 3. The highest BCUT2D eigenvalue weighted by Crippen LogP contribution is 2.26. The zero-order chi connectivity index (χ0) is 17.6. The quantitative estimate of drug-likeness (QED) is 0.558. The van der Waals surface area contributed by atoms with Crippen molar-refractivity contribution >= 4 is 11.7 Å². The fourth-order valence-corrected chi connectivity index (χ4v) is 2.54. The standard InChI is InChI=1S/C21H19NO3/c1-24-21(23)18-11-17(12-19(22)13-18)16-7-9-20(10-8-16)25-14-15-5-3-2-4-6-15/h2-13H,14,22H2,1H3. The van der Waals surface area contributed by atoms with Crippen LogP contribution in [0.2, 0.25) is 0 Å². The fourth-order valence-electron chi connectivity index (χ4n) is 2.54. The number of carbonyl (C=O) groups is 1. The van der Waals surface area contributed by atoms with Gasteiger partial charge in [0.1, 0.15) is 12.4 Å². The Balaban J connectivity index is 1.76. The molecule has 0 aromatic heterocycles. The number of nitrogen functional groups attached to an aromatic ring is 1. The summed E-state index contributed by atoms with van der Waals surface area (Å²) < 4.78 is 10.5. The molecule has 0 fully saturated rings. The molecule has 4 heteroatoms. The predicted octanol–water partition coefficient (Wildman–Crippen LogP) is 4.30. The molecule has 3 aromatic carbocycles.